The molecule has 1 saturated heterocycles. The summed E-state index contributed by atoms with van der Waals surface area (Å²) >= 11 is 0. The molecule has 1 aromatic heterocycles. The lowest BCUT2D eigenvalue weighted by molar-refractivity contribution is -0.119. The van der Waals surface area contributed by atoms with Gasteiger partial charge in [0.2, 0.25) is 5.91 Å². The van der Waals surface area contributed by atoms with Gasteiger partial charge in [-0.05, 0) is 32.2 Å². The third-order valence-corrected chi connectivity index (χ3v) is 3.06. The van der Waals surface area contributed by atoms with Crippen molar-refractivity contribution >= 4 is 11.7 Å². The van der Waals surface area contributed by atoms with Crippen LogP contribution in [0.1, 0.15) is 25.3 Å². The van der Waals surface area contributed by atoms with Crippen molar-refractivity contribution in [1.29, 1.82) is 0 Å². The zero-order chi connectivity index (χ0) is 11.5. The van der Waals surface area contributed by atoms with Gasteiger partial charge in [-0.2, -0.15) is 5.10 Å². The summed E-state index contributed by atoms with van der Waals surface area (Å²) in [5, 5.41) is 12.7. The van der Waals surface area contributed by atoms with Crippen LogP contribution in [0.5, 0.6) is 0 Å². The van der Waals surface area contributed by atoms with Gasteiger partial charge < -0.3 is 10.6 Å². The molecular weight excluding hydrogens is 204 g/mol. The Morgan fingerprint density at radius 2 is 2.44 bits per heavy atom. The number of nitrogens with zero attached hydrogens (tertiary/aromatic N) is 1. The highest BCUT2D eigenvalue weighted by Gasteiger charge is 2.24. The van der Waals surface area contributed by atoms with E-state index in [4.69, 9.17) is 0 Å². The number of aromatic amines is 1. The van der Waals surface area contributed by atoms with Crippen molar-refractivity contribution in [2.75, 3.05) is 11.9 Å². The molecule has 16 heavy (non-hydrogen) atoms. The van der Waals surface area contributed by atoms with Gasteiger partial charge in [-0.25, -0.2) is 0 Å². The first-order chi connectivity index (χ1) is 7.66. The van der Waals surface area contributed by atoms with Gasteiger partial charge in [-0.15, -0.1) is 0 Å². The lowest BCUT2D eigenvalue weighted by Gasteiger charge is -2.27. The fourth-order valence-electron chi connectivity index (χ4n) is 1.99. The first-order valence-electron chi connectivity index (χ1n) is 5.71. The van der Waals surface area contributed by atoms with E-state index >= 15 is 0 Å². The minimum atomic E-state index is -0.0774. The quantitative estimate of drug-likeness (QED) is 0.700. The molecule has 0 radical (unpaired) electrons. The number of piperidine rings is 1. The lowest BCUT2D eigenvalue weighted by Crippen LogP contribution is -2.45. The fourth-order valence-corrected chi connectivity index (χ4v) is 1.99. The molecular formula is C11H18N4O. The molecule has 5 nitrogen and oxygen atoms in total. The van der Waals surface area contributed by atoms with Crippen molar-refractivity contribution < 1.29 is 4.79 Å². The summed E-state index contributed by atoms with van der Waals surface area (Å²) in [7, 11) is 0. The van der Waals surface area contributed by atoms with E-state index in [9.17, 15) is 4.79 Å². The zero-order valence-electron chi connectivity index (χ0n) is 9.71. The van der Waals surface area contributed by atoms with E-state index in [0.29, 0.717) is 11.7 Å². The van der Waals surface area contributed by atoms with Crippen molar-refractivity contribution in [3.05, 3.63) is 11.8 Å². The van der Waals surface area contributed by atoms with Crippen molar-refractivity contribution in [1.82, 2.24) is 15.5 Å². The standard InChI is InChI=1S/C11H18N4O/c1-7-3-4-12-9(5-7)11(16)14-10-8(2)6-13-15-10/h6-7,9,12H,3-5H2,1-2H3,(H2,13,14,15,16). The minimum Gasteiger partial charge on any atom is -0.309 e. The molecule has 0 spiro atoms. The average Bonchev–Trinajstić information content (AvgIpc) is 2.64. The Labute approximate surface area is 95.0 Å². The smallest absolute Gasteiger partial charge is 0.242 e. The van der Waals surface area contributed by atoms with Crippen molar-refractivity contribution in [3.8, 4) is 0 Å². The number of aryl methyl sites for hydroxylation is 1. The molecule has 2 rings (SSSR count). The highest BCUT2D eigenvalue weighted by Crippen LogP contribution is 2.17. The van der Waals surface area contributed by atoms with Crippen LogP contribution in [-0.4, -0.2) is 28.7 Å². The van der Waals surface area contributed by atoms with E-state index in [1.54, 1.807) is 6.20 Å². The lowest BCUT2D eigenvalue weighted by atomic mass is 9.94. The van der Waals surface area contributed by atoms with Crippen LogP contribution in [0, 0.1) is 12.8 Å². The molecule has 88 valence electrons. The number of anilines is 1. The van der Waals surface area contributed by atoms with E-state index in [2.05, 4.69) is 27.8 Å². The number of aromatic nitrogens is 2. The van der Waals surface area contributed by atoms with E-state index in [1.165, 1.54) is 0 Å². The molecule has 1 aliphatic rings. The van der Waals surface area contributed by atoms with Crippen molar-refractivity contribution in [2.24, 2.45) is 5.92 Å². The van der Waals surface area contributed by atoms with Crippen LogP contribution >= 0.6 is 0 Å². The van der Waals surface area contributed by atoms with Crippen molar-refractivity contribution in [2.45, 2.75) is 32.7 Å². The molecule has 3 N–H and O–H groups in total. The Hall–Kier alpha value is -1.36. The number of carbonyl (C=O) groups is 1. The predicted molar refractivity (Wildman–Crippen MR) is 62.1 cm³/mol. The van der Waals surface area contributed by atoms with Crippen LogP contribution in [0.2, 0.25) is 0 Å². The first kappa shape index (κ1) is 11.1. The van der Waals surface area contributed by atoms with E-state index in [-0.39, 0.29) is 11.9 Å². The van der Waals surface area contributed by atoms with Crippen LogP contribution in [0.3, 0.4) is 0 Å². The first-order valence-corrected chi connectivity index (χ1v) is 5.71. The number of hydrogen-bond acceptors (Lipinski definition) is 3. The van der Waals surface area contributed by atoms with Gasteiger partial charge in [0.1, 0.15) is 5.82 Å². The number of carbonyl (C=O) groups excluding carboxylic acids is 1. The topological polar surface area (TPSA) is 69.8 Å². The summed E-state index contributed by atoms with van der Waals surface area (Å²) in [6.07, 6.45) is 3.75. The molecule has 0 saturated carbocycles. The molecule has 2 unspecified atom stereocenters. The van der Waals surface area contributed by atoms with Gasteiger partial charge in [0.15, 0.2) is 0 Å². The normalized spacial score (nSPS) is 25.4. The summed E-state index contributed by atoms with van der Waals surface area (Å²) < 4.78 is 0. The summed E-state index contributed by atoms with van der Waals surface area (Å²) in [4.78, 5) is 11.9. The number of rotatable bonds is 2. The third-order valence-electron chi connectivity index (χ3n) is 3.06. The molecule has 1 fully saturated rings. The summed E-state index contributed by atoms with van der Waals surface area (Å²) in [6.45, 7) is 5.01. The Balaban J connectivity index is 1.95. The SMILES string of the molecule is Cc1cn[nH]c1NC(=O)C1CC(C)CCN1. The van der Waals surface area contributed by atoms with Gasteiger partial charge in [0, 0.05) is 5.56 Å². The van der Waals surface area contributed by atoms with Crippen LogP contribution in [-0.2, 0) is 4.79 Å². The number of nitrogens with one attached hydrogen (secondary N) is 3. The molecule has 5 heteroatoms. The predicted octanol–water partition coefficient (Wildman–Crippen LogP) is 1.04. The molecule has 0 aromatic carbocycles. The second-order valence-corrected chi connectivity index (χ2v) is 4.55. The Morgan fingerprint density at radius 1 is 1.62 bits per heavy atom. The number of H-pyrrole nitrogens is 1. The molecule has 1 amide bonds. The maximum Gasteiger partial charge on any atom is 0.242 e. The molecule has 0 bridgehead atoms. The molecule has 1 aliphatic heterocycles. The summed E-state index contributed by atoms with van der Waals surface area (Å²) in [6, 6.07) is -0.0774. The molecule has 1 aromatic rings. The van der Waals surface area contributed by atoms with Gasteiger partial charge in [0.25, 0.3) is 0 Å². The average molecular weight is 222 g/mol. The monoisotopic (exact) mass is 222 g/mol. The summed E-state index contributed by atoms with van der Waals surface area (Å²) in [5.74, 6) is 1.34. The number of amides is 1. The fraction of sp³-hybridized carbons (Fsp3) is 0.636. The van der Waals surface area contributed by atoms with Crippen LogP contribution < -0.4 is 10.6 Å². The third kappa shape index (κ3) is 2.41. The second-order valence-electron chi connectivity index (χ2n) is 4.55. The largest absolute Gasteiger partial charge is 0.309 e. The van der Waals surface area contributed by atoms with E-state index < -0.39 is 0 Å². The Bertz CT molecular complexity index is 374. The molecule has 0 aliphatic carbocycles. The maximum absolute atomic E-state index is 11.9. The van der Waals surface area contributed by atoms with Gasteiger partial charge in [-0.3, -0.25) is 9.89 Å². The van der Waals surface area contributed by atoms with Crippen LogP contribution in [0.25, 0.3) is 0 Å². The highest BCUT2D eigenvalue weighted by molar-refractivity contribution is 5.94. The van der Waals surface area contributed by atoms with Gasteiger partial charge >= 0.3 is 0 Å². The maximum atomic E-state index is 11.9. The zero-order valence-corrected chi connectivity index (χ0v) is 9.71. The van der Waals surface area contributed by atoms with Crippen LogP contribution in [0.15, 0.2) is 6.20 Å². The number of hydrogen-bond donors (Lipinski definition) is 3. The van der Waals surface area contributed by atoms with Crippen molar-refractivity contribution in [3.63, 3.8) is 0 Å². The second kappa shape index (κ2) is 4.65. The highest BCUT2D eigenvalue weighted by atomic mass is 16.2. The molecule has 2 atom stereocenters. The van der Waals surface area contributed by atoms with Crippen LogP contribution in [0.4, 0.5) is 5.82 Å². The van der Waals surface area contributed by atoms with E-state index in [0.717, 1.165) is 24.9 Å². The summed E-state index contributed by atoms with van der Waals surface area (Å²) in [5.41, 5.74) is 0.956. The minimum absolute atomic E-state index is 0.0268. The Kier molecular flexibility index (Phi) is 3.24. The van der Waals surface area contributed by atoms with Gasteiger partial charge in [-0.1, -0.05) is 6.92 Å². The van der Waals surface area contributed by atoms with E-state index in [1.807, 2.05) is 6.92 Å². The molecule has 2 heterocycles. The Morgan fingerprint density at radius 3 is 3.06 bits per heavy atom. The van der Waals surface area contributed by atoms with Gasteiger partial charge in [0.05, 0.1) is 12.2 Å².